The molecular formula is C16H15BrN2O. The zero-order chi connectivity index (χ0) is 13.9. The van der Waals surface area contributed by atoms with Crippen LogP contribution < -0.4 is 5.32 Å². The minimum Gasteiger partial charge on any atom is -0.320 e. The number of fused-ring (bicyclic) bond motifs is 1. The van der Waals surface area contributed by atoms with Gasteiger partial charge in [-0.2, -0.15) is 0 Å². The van der Waals surface area contributed by atoms with Gasteiger partial charge in [0.25, 0.3) is 5.91 Å². The molecule has 0 saturated heterocycles. The van der Waals surface area contributed by atoms with Crippen molar-refractivity contribution in [2.24, 2.45) is 0 Å². The lowest BCUT2D eigenvalue weighted by molar-refractivity contribution is 0.102. The number of nitrogens with zero attached hydrogens (tertiary/aromatic N) is 1. The Balaban J connectivity index is 1.84. The van der Waals surface area contributed by atoms with Crippen LogP contribution in [0.1, 0.15) is 34.5 Å². The molecule has 4 heteroatoms. The second-order valence-corrected chi connectivity index (χ2v) is 5.88. The van der Waals surface area contributed by atoms with E-state index in [4.69, 9.17) is 0 Å². The summed E-state index contributed by atoms with van der Waals surface area (Å²) in [6, 6.07) is 9.68. The van der Waals surface area contributed by atoms with Crippen molar-refractivity contribution >= 4 is 27.5 Å². The quantitative estimate of drug-likeness (QED) is 0.905. The topological polar surface area (TPSA) is 42.0 Å². The van der Waals surface area contributed by atoms with Crippen molar-refractivity contribution in [2.75, 3.05) is 5.32 Å². The van der Waals surface area contributed by atoms with Crippen molar-refractivity contribution in [1.29, 1.82) is 0 Å². The Morgan fingerprint density at radius 2 is 2.00 bits per heavy atom. The van der Waals surface area contributed by atoms with Crippen LogP contribution in [-0.2, 0) is 12.8 Å². The molecule has 0 saturated carbocycles. The maximum absolute atomic E-state index is 12.2. The van der Waals surface area contributed by atoms with Crippen LogP contribution in [0.4, 0.5) is 5.69 Å². The molecule has 2 aromatic rings. The Hall–Kier alpha value is -1.68. The number of pyridine rings is 1. The fraction of sp³-hybridized carbons (Fsp3) is 0.250. The first-order valence-electron chi connectivity index (χ1n) is 6.78. The van der Waals surface area contributed by atoms with Gasteiger partial charge in [-0.25, -0.2) is 4.98 Å². The third-order valence-corrected chi connectivity index (χ3v) is 4.07. The van der Waals surface area contributed by atoms with Crippen LogP contribution in [0.2, 0.25) is 0 Å². The smallest absolute Gasteiger partial charge is 0.274 e. The molecule has 0 atom stereocenters. The number of amides is 1. The van der Waals surface area contributed by atoms with E-state index in [1.165, 1.54) is 24.0 Å². The highest BCUT2D eigenvalue weighted by molar-refractivity contribution is 9.10. The van der Waals surface area contributed by atoms with E-state index in [1.807, 2.05) is 18.2 Å². The molecule has 3 rings (SSSR count). The van der Waals surface area contributed by atoms with Gasteiger partial charge in [-0.3, -0.25) is 4.79 Å². The summed E-state index contributed by atoms with van der Waals surface area (Å²) in [7, 11) is 0. The monoisotopic (exact) mass is 330 g/mol. The van der Waals surface area contributed by atoms with Crippen LogP contribution in [0, 0.1) is 0 Å². The van der Waals surface area contributed by atoms with Gasteiger partial charge in [-0.05, 0) is 70.9 Å². The van der Waals surface area contributed by atoms with Crippen molar-refractivity contribution < 1.29 is 4.79 Å². The Morgan fingerprint density at radius 3 is 2.80 bits per heavy atom. The van der Waals surface area contributed by atoms with Gasteiger partial charge in [-0.15, -0.1) is 0 Å². The Bertz CT molecular complexity index is 637. The summed E-state index contributed by atoms with van der Waals surface area (Å²) in [5, 5.41) is 2.99. The number of nitrogens with one attached hydrogen (secondary N) is 1. The number of halogens is 1. The summed E-state index contributed by atoms with van der Waals surface area (Å²) in [5.41, 5.74) is 4.00. The molecule has 1 aromatic carbocycles. The summed E-state index contributed by atoms with van der Waals surface area (Å²) >= 11 is 3.32. The number of aromatic nitrogens is 1. The molecule has 1 aliphatic rings. The molecule has 0 spiro atoms. The molecule has 0 bridgehead atoms. The van der Waals surface area contributed by atoms with Gasteiger partial charge in [0, 0.05) is 16.4 Å². The minimum atomic E-state index is -0.156. The average molecular weight is 331 g/mol. The van der Waals surface area contributed by atoms with Crippen molar-refractivity contribution in [3.63, 3.8) is 0 Å². The lowest BCUT2D eigenvalue weighted by atomic mass is 9.90. The highest BCUT2D eigenvalue weighted by Gasteiger charge is 2.15. The molecule has 1 amide bonds. The molecule has 1 aromatic heterocycles. The number of aryl methyl sites for hydroxylation is 1. The first-order chi connectivity index (χ1) is 9.74. The number of rotatable bonds is 2. The van der Waals surface area contributed by atoms with Crippen molar-refractivity contribution in [1.82, 2.24) is 4.98 Å². The minimum absolute atomic E-state index is 0.156. The second-order valence-electron chi connectivity index (χ2n) is 4.97. The summed E-state index contributed by atoms with van der Waals surface area (Å²) in [5.74, 6) is -0.156. The molecular weight excluding hydrogens is 316 g/mol. The second kappa shape index (κ2) is 5.75. The van der Waals surface area contributed by atoms with Crippen molar-refractivity contribution in [3.8, 4) is 0 Å². The highest BCUT2D eigenvalue weighted by Crippen LogP contribution is 2.28. The Kier molecular flexibility index (Phi) is 3.83. The summed E-state index contributed by atoms with van der Waals surface area (Å²) < 4.78 is 0.867. The number of hydrogen-bond donors (Lipinski definition) is 1. The fourth-order valence-electron chi connectivity index (χ4n) is 2.59. The molecule has 3 nitrogen and oxygen atoms in total. The molecule has 0 aliphatic heterocycles. The first kappa shape index (κ1) is 13.3. The SMILES string of the molecule is O=C(Nc1cccc2c1CCCC2)c1ccc(Br)cn1. The number of benzene rings is 1. The lowest BCUT2D eigenvalue weighted by Crippen LogP contribution is -2.16. The maximum Gasteiger partial charge on any atom is 0.274 e. The molecule has 0 radical (unpaired) electrons. The molecule has 0 unspecified atom stereocenters. The van der Waals surface area contributed by atoms with E-state index in [0.29, 0.717) is 5.69 Å². The van der Waals surface area contributed by atoms with Crippen molar-refractivity contribution in [3.05, 3.63) is 57.8 Å². The van der Waals surface area contributed by atoms with Gasteiger partial charge in [0.2, 0.25) is 0 Å². The standard InChI is InChI=1S/C16H15BrN2O/c17-12-8-9-15(18-10-12)16(20)19-14-7-3-5-11-4-1-2-6-13(11)14/h3,5,7-10H,1-2,4,6H2,(H,19,20). The molecule has 1 aliphatic carbocycles. The molecule has 1 N–H and O–H groups in total. The van der Waals surface area contributed by atoms with Gasteiger partial charge < -0.3 is 5.32 Å². The van der Waals surface area contributed by atoms with Gasteiger partial charge >= 0.3 is 0 Å². The third-order valence-electron chi connectivity index (χ3n) is 3.60. The van der Waals surface area contributed by atoms with Gasteiger partial charge in [-0.1, -0.05) is 12.1 Å². The van der Waals surface area contributed by atoms with Crippen molar-refractivity contribution in [2.45, 2.75) is 25.7 Å². The predicted octanol–water partition coefficient (Wildman–Crippen LogP) is 3.98. The van der Waals surface area contributed by atoms with E-state index in [9.17, 15) is 4.79 Å². The van der Waals surface area contributed by atoms with Gasteiger partial charge in [0.15, 0.2) is 0 Å². The largest absolute Gasteiger partial charge is 0.320 e. The zero-order valence-electron chi connectivity index (χ0n) is 11.0. The molecule has 20 heavy (non-hydrogen) atoms. The molecule has 102 valence electrons. The summed E-state index contributed by atoms with van der Waals surface area (Å²) in [6.07, 6.45) is 6.21. The summed E-state index contributed by atoms with van der Waals surface area (Å²) in [6.45, 7) is 0. The van der Waals surface area contributed by atoms with Gasteiger partial charge in [0.1, 0.15) is 5.69 Å². The lowest BCUT2D eigenvalue weighted by Gasteiger charge is -2.19. The number of carbonyl (C=O) groups is 1. The maximum atomic E-state index is 12.2. The number of carbonyl (C=O) groups excluding carboxylic acids is 1. The Labute approximate surface area is 126 Å². The average Bonchev–Trinajstić information content (AvgIpc) is 2.48. The van der Waals surface area contributed by atoms with E-state index >= 15 is 0 Å². The van der Waals surface area contributed by atoms with E-state index in [-0.39, 0.29) is 5.91 Å². The predicted molar refractivity (Wildman–Crippen MR) is 83.0 cm³/mol. The normalized spacial score (nSPS) is 13.7. The van der Waals surface area contributed by atoms with Gasteiger partial charge in [0.05, 0.1) is 0 Å². The van der Waals surface area contributed by atoms with E-state index in [1.54, 1.807) is 12.3 Å². The molecule has 1 heterocycles. The van der Waals surface area contributed by atoms with Crippen LogP contribution in [0.25, 0.3) is 0 Å². The van der Waals surface area contributed by atoms with E-state index in [0.717, 1.165) is 23.0 Å². The van der Waals surface area contributed by atoms with Crippen LogP contribution in [0.3, 0.4) is 0 Å². The molecule has 0 fully saturated rings. The van der Waals surface area contributed by atoms with E-state index < -0.39 is 0 Å². The summed E-state index contributed by atoms with van der Waals surface area (Å²) in [4.78, 5) is 16.3. The Morgan fingerprint density at radius 1 is 1.15 bits per heavy atom. The zero-order valence-corrected chi connectivity index (χ0v) is 12.6. The van der Waals surface area contributed by atoms with Crippen LogP contribution in [-0.4, -0.2) is 10.9 Å². The number of anilines is 1. The van der Waals surface area contributed by atoms with Crippen LogP contribution >= 0.6 is 15.9 Å². The fourth-order valence-corrected chi connectivity index (χ4v) is 2.83. The van der Waals surface area contributed by atoms with Crippen LogP contribution in [0.5, 0.6) is 0 Å². The highest BCUT2D eigenvalue weighted by atomic mass is 79.9. The van der Waals surface area contributed by atoms with E-state index in [2.05, 4.69) is 32.3 Å². The first-order valence-corrected chi connectivity index (χ1v) is 7.57. The number of hydrogen-bond acceptors (Lipinski definition) is 2. The van der Waals surface area contributed by atoms with Crippen LogP contribution in [0.15, 0.2) is 41.0 Å². The third kappa shape index (κ3) is 2.75.